The first-order valence-corrected chi connectivity index (χ1v) is 10.5. The van der Waals surface area contributed by atoms with Gasteiger partial charge in [-0.15, -0.1) is 10.2 Å². The number of rotatable bonds is 6. The number of carbonyl (C=O) groups excluding carboxylic acids is 1. The van der Waals surface area contributed by atoms with Crippen molar-refractivity contribution in [2.75, 3.05) is 26.5 Å². The highest BCUT2D eigenvalue weighted by Crippen LogP contribution is 2.25. The van der Waals surface area contributed by atoms with Crippen LogP contribution in [-0.4, -0.2) is 50.0 Å². The second-order valence-electron chi connectivity index (χ2n) is 6.76. The third-order valence-corrected chi connectivity index (χ3v) is 6.36. The molecule has 9 heteroatoms. The average molecular weight is 426 g/mol. The molecule has 1 aromatic heterocycles. The summed E-state index contributed by atoms with van der Waals surface area (Å²) in [5.41, 5.74) is 3.28. The minimum Gasteiger partial charge on any atom is -0.480 e. The Bertz CT molecular complexity index is 1160. The van der Waals surface area contributed by atoms with Crippen molar-refractivity contribution in [1.82, 2.24) is 14.5 Å². The van der Waals surface area contributed by atoms with Crippen molar-refractivity contribution in [3.63, 3.8) is 0 Å². The average Bonchev–Trinajstić information content (AvgIpc) is 2.75. The van der Waals surface area contributed by atoms with Crippen LogP contribution in [0, 0.1) is 6.92 Å². The van der Waals surface area contributed by atoms with E-state index in [4.69, 9.17) is 4.74 Å². The maximum Gasteiger partial charge on any atom is 0.255 e. The van der Waals surface area contributed by atoms with E-state index < -0.39 is 10.0 Å². The molecule has 0 aliphatic carbocycles. The molecule has 0 atom stereocenters. The lowest BCUT2D eigenvalue weighted by Gasteiger charge is -2.13. The zero-order valence-electron chi connectivity index (χ0n) is 17.1. The number of nitrogens with one attached hydrogen (secondary N) is 1. The number of hydrogen-bond acceptors (Lipinski definition) is 6. The summed E-state index contributed by atoms with van der Waals surface area (Å²) in [4.78, 5) is 12.8. The molecule has 30 heavy (non-hydrogen) atoms. The number of methoxy groups -OCH3 is 1. The zero-order valence-corrected chi connectivity index (χ0v) is 17.9. The molecular weight excluding hydrogens is 404 g/mol. The first-order valence-electron chi connectivity index (χ1n) is 9.05. The van der Waals surface area contributed by atoms with Crippen molar-refractivity contribution >= 4 is 21.6 Å². The minimum atomic E-state index is -3.55. The van der Waals surface area contributed by atoms with Gasteiger partial charge in [0, 0.05) is 37.0 Å². The van der Waals surface area contributed by atoms with Crippen LogP contribution in [0.1, 0.15) is 15.9 Å². The molecule has 3 rings (SSSR count). The van der Waals surface area contributed by atoms with Gasteiger partial charge >= 0.3 is 0 Å². The van der Waals surface area contributed by atoms with E-state index in [1.165, 1.54) is 45.5 Å². The third-order valence-electron chi connectivity index (χ3n) is 4.53. The number of ether oxygens (including phenoxy) is 1. The van der Waals surface area contributed by atoms with E-state index in [0.717, 1.165) is 15.4 Å². The molecule has 0 saturated heterocycles. The number of aromatic nitrogens is 2. The number of sulfonamides is 1. The Labute approximate surface area is 175 Å². The van der Waals surface area contributed by atoms with Gasteiger partial charge in [0.05, 0.1) is 17.7 Å². The molecule has 0 unspecified atom stereocenters. The fourth-order valence-electron chi connectivity index (χ4n) is 2.68. The molecule has 1 N–H and O–H groups in total. The van der Waals surface area contributed by atoms with Crippen LogP contribution in [0.4, 0.5) is 5.69 Å². The lowest BCUT2D eigenvalue weighted by molar-refractivity contribution is 0.102. The SMILES string of the molecule is COc1ccc(-c2ccc(C)c(NC(=O)c3ccc(S(=O)(=O)N(C)C)cc3)c2)nn1. The van der Waals surface area contributed by atoms with Crippen LogP contribution < -0.4 is 10.1 Å². The molecule has 1 amide bonds. The van der Waals surface area contributed by atoms with Crippen LogP contribution >= 0.6 is 0 Å². The molecular formula is C21H22N4O4S. The van der Waals surface area contributed by atoms with Gasteiger partial charge in [-0.2, -0.15) is 0 Å². The highest BCUT2D eigenvalue weighted by atomic mass is 32.2. The number of nitrogens with zero attached hydrogens (tertiary/aromatic N) is 3. The second kappa shape index (κ2) is 8.60. The number of aryl methyl sites for hydroxylation is 1. The summed E-state index contributed by atoms with van der Waals surface area (Å²) in [6, 6.07) is 14.9. The van der Waals surface area contributed by atoms with Gasteiger partial charge < -0.3 is 10.1 Å². The van der Waals surface area contributed by atoms with Gasteiger partial charge in [-0.1, -0.05) is 12.1 Å². The number of carbonyl (C=O) groups is 1. The van der Waals surface area contributed by atoms with Crippen molar-refractivity contribution in [2.45, 2.75) is 11.8 Å². The molecule has 2 aromatic carbocycles. The van der Waals surface area contributed by atoms with Gasteiger partial charge in [-0.05, 0) is 48.9 Å². The largest absolute Gasteiger partial charge is 0.480 e. The molecule has 8 nitrogen and oxygen atoms in total. The zero-order chi connectivity index (χ0) is 21.9. The van der Waals surface area contributed by atoms with Crippen molar-refractivity contribution in [2.24, 2.45) is 0 Å². The summed E-state index contributed by atoms with van der Waals surface area (Å²) in [5, 5.41) is 11.0. The van der Waals surface area contributed by atoms with Crippen LogP contribution in [0.5, 0.6) is 5.88 Å². The van der Waals surface area contributed by atoms with Crippen LogP contribution in [-0.2, 0) is 10.0 Å². The number of hydrogen-bond donors (Lipinski definition) is 1. The third kappa shape index (κ3) is 4.47. The van der Waals surface area contributed by atoms with E-state index in [-0.39, 0.29) is 10.8 Å². The van der Waals surface area contributed by atoms with Crippen LogP contribution in [0.25, 0.3) is 11.3 Å². The normalized spacial score (nSPS) is 11.4. The maximum absolute atomic E-state index is 12.7. The Morgan fingerprint density at radius 3 is 2.27 bits per heavy atom. The van der Waals surface area contributed by atoms with Gasteiger partial charge in [0.15, 0.2) is 0 Å². The standard InChI is InChI=1S/C21H22N4O4S/c1-14-5-6-16(18-11-12-20(29-4)24-23-18)13-19(14)22-21(26)15-7-9-17(10-8-15)30(27,28)25(2)3/h5-13H,1-4H3,(H,22,26). The number of amides is 1. The molecule has 0 spiro atoms. The first-order chi connectivity index (χ1) is 14.2. The Kier molecular flexibility index (Phi) is 6.14. The van der Waals surface area contributed by atoms with E-state index in [2.05, 4.69) is 15.5 Å². The van der Waals surface area contributed by atoms with E-state index in [1.54, 1.807) is 12.1 Å². The summed E-state index contributed by atoms with van der Waals surface area (Å²) in [5.74, 6) is 0.0731. The monoisotopic (exact) mass is 426 g/mol. The van der Waals surface area contributed by atoms with E-state index in [9.17, 15) is 13.2 Å². The Balaban J connectivity index is 1.82. The number of benzene rings is 2. The highest BCUT2D eigenvalue weighted by molar-refractivity contribution is 7.89. The fourth-order valence-corrected chi connectivity index (χ4v) is 3.58. The van der Waals surface area contributed by atoms with Gasteiger partial charge in [-0.3, -0.25) is 4.79 Å². The van der Waals surface area contributed by atoms with E-state index in [0.29, 0.717) is 22.8 Å². The maximum atomic E-state index is 12.7. The molecule has 0 fully saturated rings. The summed E-state index contributed by atoms with van der Waals surface area (Å²) >= 11 is 0. The molecule has 0 bridgehead atoms. The summed E-state index contributed by atoms with van der Waals surface area (Å²) in [6.45, 7) is 1.88. The van der Waals surface area contributed by atoms with Crippen LogP contribution in [0.2, 0.25) is 0 Å². The van der Waals surface area contributed by atoms with Crippen LogP contribution in [0.15, 0.2) is 59.5 Å². The van der Waals surface area contributed by atoms with Crippen molar-refractivity contribution < 1.29 is 17.9 Å². The highest BCUT2D eigenvalue weighted by Gasteiger charge is 2.18. The predicted molar refractivity (Wildman–Crippen MR) is 114 cm³/mol. The minimum absolute atomic E-state index is 0.125. The predicted octanol–water partition coefficient (Wildman–Crippen LogP) is 2.96. The molecule has 0 radical (unpaired) electrons. The van der Waals surface area contributed by atoms with E-state index >= 15 is 0 Å². The van der Waals surface area contributed by atoms with Crippen molar-refractivity contribution in [1.29, 1.82) is 0 Å². The number of anilines is 1. The smallest absolute Gasteiger partial charge is 0.255 e. The van der Waals surface area contributed by atoms with Gasteiger partial charge in [0.1, 0.15) is 0 Å². The van der Waals surface area contributed by atoms with E-state index in [1.807, 2.05) is 25.1 Å². The Morgan fingerprint density at radius 1 is 1.00 bits per heavy atom. The van der Waals surface area contributed by atoms with Gasteiger partial charge in [0.25, 0.3) is 5.91 Å². The molecule has 0 saturated carbocycles. The van der Waals surface area contributed by atoms with Crippen LogP contribution in [0.3, 0.4) is 0 Å². The van der Waals surface area contributed by atoms with Crippen molar-refractivity contribution in [3.8, 4) is 17.1 Å². The lowest BCUT2D eigenvalue weighted by Crippen LogP contribution is -2.22. The summed E-state index contributed by atoms with van der Waals surface area (Å²) in [7, 11) is 0.888. The molecule has 1 heterocycles. The molecule has 0 aliphatic rings. The lowest BCUT2D eigenvalue weighted by atomic mass is 10.1. The van der Waals surface area contributed by atoms with Gasteiger partial charge in [0.2, 0.25) is 15.9 Å². The molecule has 0 aliphatic heterocycles. The quantitative estimate of drug-likeness (QED) is 0.650. The fraction of sp³-hybridized carbons (Fsp3) is 0.190. The Hall–Kier alpha value is -3.30. The summed E-state index contributed by atoms with van der Waals surface area (Å²) in [6.07, 6.45) is 0. The Morgan fingerprint density at radius 2 is 1.70 bits per heavy atom. The first kappa shape index (κ1) is 21.4. The molecule has 156 valence electrons. The topological polar surface area (TPSA) is 101 Å². The second-order valence-corrected chi connectivity index (χ2v) is 8.91. The summed E-state index contributed by atoms with van der Waals surface area (Å²) < 4.78 is 30.5. The molecule has 3 aromatic rings. The van der Waals surface area contributed by atoms with Gasteiger partial charge in [-0.25, -0.2) is 12.7 Å². The van der Waals surface area contributed by atoms with Crippen molar-refractivity contribution in [3.05, 3.63) is 65.7 Å².